The Morgan fingerprint density at radius 3 is 2.89 bits per heavy atom. The lowest BCUT2D eigenvalue weighted by Gasteiger charge is -2.05. The monoisotopic (exact) mass is 300 g/mol. The molecular formula is C12H10ClFN2O2S. The van der Waals surface area contributed by atoms with E-state index >= 15 is 0 Å². The Kier molecular flexibility index (Phi) is 4.36. The van der Waals surface area contributed by atoms with Crippen molar-refractivity contribution in [2.45, 2.75) is 6.61 Å². The molecule has 1 aromatic carbocycles. The third-order valence-corrected chi connectivity index (χ3v) is 3.64. The number of amides is 1. The number of nitrogen functional groups attached to an aromatic ring is 1. The third-order valence-electron chi connectivity index (χ3n) is 2.29. The van der Waals surface area contributed by atoms with Gasteiger partial charge in [0.2, 0.25) is 0 Å². The molecule has 2 aromatic rings. The number of carbonyl (C=O) groups is 1. The predicted octanol–water partition coefficient (Wildman–Crippen LogP) is 2.72. The van der Waals surface area contributed by atoms with Crippen LogP contribution < -0.4 is 16.0 Å². The van der Waals surface area contributed by atoms with Gasteiger partial charge >= 0.3 is 0 Å². The van der Waals surface area contributed by atoms with Crippen molar-refractivity contribution in [1.29, 1.82) is 0 Å². The highest BCUT2D eigenvalue weighted by atomic mass is 35.5. The molecule has 7 heteroatoms. The van der Waals surface area contributed by atoms with Crippen LogP contribution in [0, 0.1) is 5.82 Å². The predicted molar refractivity (Wildman–Crippen MR) is 71.7 cm³/mol. The SMILES string of the molecule is NNC(=O)c1ccc(COc2ccc(F)c(Cl)c2)s1. The zero-order valence-electron chi connectivity index (χ0n) is 9.65. The van der Waals surface area contributed by atoms with E-state index in [9.17, 15) is 9.18 Å². The summed E-state index contributed by atoms with van der Waals surface area (Å²) in [4.78, 5) is 12.6. The van der Waals surface area contributed by atoms with Crippen LogP contribution in [0.4, 0.5) is 4.39 Å². The average molecular weight is 301 g/mol. The maximum absolute atomic E-state index is 13.0. The molecule has 0 aliphatic rings. The summed E-state index contributed by atoms with van der Waals surface area (Å²) in [5, 5.41) is 0.00637. The fourth-order valence-corrected chi connectivity index (χ4v) is 2.36. The highest BCUT2D eigenvalue weighted by Crippen LogP contribution is 2.23. The highest BCUT2D eigenvalue weighted by molar-refractivity contribution is 7.14. The summed E-state index contributed by atoms with van der Waals surface area (Å²) >= 11 is 6.91. The molecule has 100 valence electrons. The van der Waals surface area contributed by atoms with Crippen LogP contribution in [0.3, 0.4) is 0 Å². The summed E-state index contributed by atoms with van der Waals surface area (Å²) in [6, 6.07) is 7.54. The van der Waals surface area contributed by atoms with Gasteiger partial charge in [0.05, 0.1) is 9.90 Å². The van der Waals surface area contributed by atoms with E-state index in [4.69, 9.17) is 22.2 Å². The molecule has 0 aliphatic carbocycles. The van der Waals surface area contributed by atoms with E-state index in [-0.39, 0.29) is 17.5 Å². The van der Waals surface area contributed by atoms with Gasteiger partial charge in [-0.2, -0.15) is 0 Å². The lowest BCUT2D eigenvalue weighted by molar-refractivity contribution is 0.0957. The van der Waals surface area contributed by atoms with Crippen LogP contribution in [0.5, 0.6) is 5.75 Å². The Hall–Kier alpha value is -1.63. The number of ether oxygens (including phenoxy) is 1. The van der Waals surface area contributed by atoms with Crippen molar-refractivity contribution in [1.82, 2.24) is 5.43 Å². The minimum atomic E-state index is -0.493. The van der Waals surface area contributed by atoms with Crippen LogP contribution in [0.25, 0.3) is 0 Å². The number of rotatable bonds is 4. The van der Waals surface area contributed by atoms with Crippen LogP contribution in [0.15, 0.2) is 30.3 Å². The molecule has 0 aliphatic heterocycles. The van der Waals surface area contributed by atoms with Gasteiger partial charge in [0.1, 0.15) is 18.2 Å². The molecular weight excluding hydrogens is 291 g/mol. The van der Waals surface area contributed by atoms with Crippen molar-refractivity contribution in [2.75, 3.05) is 0 Å². The maximum Gasteiger partial charge on any atom is 0.275 e. The molecule has 4 nitrogen and oxygen atoms in total. The van der Waals surface area contributed by atoms with E-state index in [1.807, 2.05) is 0 Å². The molecule has 19 heavy (non-hydrogen) atoms. The lowest BCUT2D eigenvalue weighted by atomic mass is 10.3. The van der Waals surface area contributed by atoms with Gasteiger partial charge in [0.15, 0.2) is 0 Å². The molecule has 0 unspecified atom stereocenters. The fraction of sp³-hybridized carbons (Fsp3) is 0.0833. The van der Waals surface area contributed by atoms with Crippen LogP contribution in [-0.4, -0.2) is 5.91 Å². The molecule has 1 amide bonds. The van der Waals surface area contributed by atoms with Crippen molar-refractivity contribution < 1.29 is 13.9 Å². The number of hydrazine groups is 1. The van der Waals surface area contributed by atoms with Crippen LogP contribution in [0.2, 0.25) is 5.02 Å². The van der Waals surface area contributed by atoms with Gasteiger partial charge in [0.25, 0.3) is 5.91 Å². The number of nitrogens with two attached hydrogens (primary N) is 1. The summed E-state index contributed by atoms with van der Waals surface area (Å²) in [6.45, 7) is 0.268. The smallest absolute Gasteiger partial charge is 0.275 e. The second-order valence-electron chi connectivity index (χ2n) is 3.60. The van der Waals surface area contributed by atoms with Gasteiger partial charge < -0.3 is 4.74 Å². The topological polar surface area (TPSA) is 64.3 Å². The minimum absolute atomic E-state index is 0.00637. The number of halogens is 2. The van der Waals surface area contributed by atoms with Crippen LogP contribution >= 0.6 is 22.9 Å². The Morgan fingerprint density at radius 2 is 2.21 bits per heavy atom. The first kappa shape index (κ1) is 13.8. The number of hydrogen-bond acceptors (Lipinski definition) is 4. The van der Waals surface area contributed by atoms with E-state index in [0.717, 1.165) is 4.88 Å². The van der Waals surface area contributed by atoms with Gasteiger partial charge in [-0.1, -0.05) is 11.6 Å². The van der Waals surface area contributed by atoms with Crippen LogP contribution in [-0.2, 0) is 6.61 Å². The van der Waals surface area contributed by atoms with E-state index < -0.39 is 5.82 Å². The molecule has 0 atom stereocenters. The van der Waals surface area contributed by atoms with Gasteiger partial charge in [0, 0.05) is 10.9 Å². The number of thiophene rings is 1. The summed E-state index contributed by atoms with van der Waals surface area (Å²) in [6.07, 6.45) is 0. The third kappa shape index (κ3) is 3.44. The molecule has 3 N–H and O–H groups in total. The largest absolute Gasteiger partial charge is 0.488 e. The first-order valence-electron chi connectivity index (χ1n) is 5.27. The van der Waals surface area contributed by atoms with Gasteiger partial charge in [-0.15, -0.1) is 11.3 Å². The molecule has 0 saturated heterocycles. The average Bonchev–Trinajstić information content (AvgIpc) is 2.88. The van der Waals surface area contributed by atoms with E-state index in [0.29, 0.717) is 10.6 Å². The summed E-state index contributed by atoms with van der Waals surface area (Å²) in [5.74, 6) is 4.66. The van der Waals surface area contributed by atoms with E-state index in [1.54, 1.807) is 12.1 Å². The summed E-state index contributed by atoms with van der Waals surface area (Å²) in [7, 11) is 0. The Balaban J connectivity index is 2.00. The standard InChI is InChI=1S/C12H10ClFN2O2S/c13-9-5-7(1-3-10(9)14)18-6-8-2-4-11(19-8)12(17)16-15/h1-5H,6,15H2,(H,16,17). The van der Waals surface area contributed by atoms with Crippen molar-refractivity contribution in [3.8, 4) is 5.75 Å². The molecule has 0 fully saturated rings. The van der Waals surface area contributed by atoms with E-state index in [2.05, 4.69) is 5.43 Å². The zero-order valence-corrected chi connectivity index (χ0v) is 11.2. The highest BCUT2D eigenvalue weighted by Gasteiger charge is 2.08. The Labute approximate surface area is 117 Å². The number of nitrogens with one attached hydrogen (secondary N) is 1. The summed E-state index contributed by atoms with van der Waals surface area (Å²) < 4.78 is 18.4. The molecule has 0 radical (unpaired) electrons. The Morgan fingerprint density at radius 1 is 1.42 bits per heavy atom. The molecule has 1 heterocycles. The maximum atomic E-state index is 13.0. The summed E-state index contributed by atoms with van der Waals surface area (Å²) in [5.41, 5.74) is 2.05. The molecule has 0 saturated carbocycles. The number of carbonyl (C=O) groups excluding carboxylic acids is 1. The number of hydrogen-bond donors (Lipinski definition) is 2. The zero-order chi connectivity index (χ0) is 13.8. The quantitative estimate of drug-likeness (QED) is 0.518. The molecule has 1 aromatic heterocycles. The van der Waals surface area contributed by atoms with Crippen molar-refractivity contribution in [3.05, 3.63) is 50.9 Å². The first-order chi connectivity index (χ1) is 9.10. The fourth-order valence-electron chi connectivity index (χ4n) is 1.37. The molecule has 2 rings (SSSR count). The van der Waals surface area contributed by atoms with Crippen LogP contribution in [0.1, 0.15) is 14.5 Å². The number of benzene rings is 1. The van der Waals surface area contributed by atoms with Crippen molar-refractivity contribution in [3.63, 3.8) is 0 Å². The van der Waals surface area contributed by atoms with Gasteiger partial charge in [-0.05, 0) is 24.3 Å². The minimum Gasteiger partial charge on any atom is -0.488 e. The van der Waals surface area contributed by atoms with Crippen molar-refractivity contribution in [2.24, 2.45) is 5.84 Å². The van der Waals surface area contributed by atoms with Gasteiger partial charge in [-0.25, -0.2) is 10.2 Å². The van der Waals surface area contributed by atoms with E-state index in [1.165, 1.54) is 29.5 Å². The molecule has 0 bridgehead atoms. The second kappa shape index (κ2) is 6.01. The normalized spacial score (nSPS) is 10.3. The lowest BCUT2D eigenvalue weighted by Crippen LogP contribution is -2.29. The Bertz CT molecular complexity index is 603. The second-order valence-corrected chi connectivity index (χ2v) is 5.18. The van der Waals surface area contributed by atoms with Crippen molar-refractivity contribution >= 4 is 28.8 Å². The first-order valence-corrected chi connectivity index (χ1v) is 6.47. The van der Waals surface area contributed by atoms with Gasteiger partial charge in [-0.3, -0.25) is 10.2 Å². The molecule has 0 spiro atoms.